The van der Waals surface area contributed by atoms with Gasteiger partial charge in [0.05, 0.1) is 6.54 Å². The summed E-state index contributed by atoms with van der Waals surface area (Å²) >= 11 is 0. The van der Waals surface area contributed by atoms with Gasteiger partial charge in [0.1, 0.15) is 0 Å². The maximum absolute atomic E-state index is 13.4. The highest BCUT2D eigenvalue weighted by molar-refractivity contribution is 6.06. The molecule has 0 radical (unpaired) electrons. The fourth-order valence-corrected chi connectivity index (χ4v) is 3.51. The number of aromatic nitrogens is 1. The zero-order valence-corrected chi connectivity index (χ0v) is 16.5. The van der Waals surface area contributed by atoms with Crippen LogP contribution in [0.25, 0.3) is 10.9 Å². The highest BCUT2D eigenvalue weighted by Gasteiger charge is 2.19. The van der Waals surface area contributed by atoms with Crippen molar-refractivity contribution in [1.29, 1.82) is 0 Å². The van der Waals surface area contributed by atoms with Crippen molar-refractivity contribution in [1.82, 2.24) is 4.98 Å². The van der Waals surface area contributed by atoms with Crippen molar-refractivity contribution in [3.63, 3.8) is 0 Å². The van der Waals surface area contributed by atoms with E-state index in [2.05, 4.69) is 4.98 Å². The number of hydrogen-bond acceptors (Lipinski definition) is 2. The van der Waals surface area contributed by atoms with Gasteiger partial charge in [-0.1, -0.05) is 48.0 Å². The Morgan fingerprint density at radius 3 is 2.38 bits per heavy atom. The highest BCUT2D eigenvalue weighted by Crippen LogP contribution is 2.24. The zero-order valence-electron chi connectivity index (χ0n) is 16.5. The van der Waals surface area contributed by atoms with E-state index < -0.39 is 0 Å². The van der Waals surface area contributed by atoms with Gasteiger partial charge in [0.2, 0.25) is 5.56 Å². The molecule has 1 heterocycles. The number of amides is 1. The number of para-hydroxylation sites is 1. The number of benzene rings is 3. The third-order valence-corrected chi connectivity index (χ3v) is 5.02. The van der Waals surface area contributed by atoms with Crippen LogP contribution in [0.15, 0.2) is 83.7 Å². The van der Waals surface area contributed by atoms with Gasteiger partial charge < -0.3 is 9.88 Å². The molecule has 29 heavy (non-hydrogen) atoms. The smallest absolute Gasteiger partial charge is 0.258 e. The Morgan fingerprint density at radius 2 is 1.62 bits per heavy atom. The third-order valence-electron chi connectivity index (χ3n) is 5.02. The lowest BCUT2D eigenvalue weighted by Gasteiger charge is -2.24. The van der Waals surface area contributed by atoms with Crippen LogP contribution in [0.5, 0.6) is 0 Å². The first-order valence-electron chi connectivity index (χ1n) is 9.57. The minimum absolute atomic E-state index is 0.0973. The maximum atomic E-state index is 13.4. The van der Waals surface area contributed by atoms with Gasteiger partial charge in [0, 0.05) is 28.2 Å². The number of carbonyl (C=O) groups excluding carboxylic acids is 1. The molecule has 1 aromatic heterocycles. The van der Waals surface area contributed by atoms with E-state index in [0.717, 1.165) is 33.3 Å². The summed E-state index contributed by atoms with van der Waals surface area (Å²) in [6, 6.07) is 24.6. The van der Waals surface area contributed by atoms with E-state index in [4.69, 9.17) is 0 Å². The van der Waals surface area contributed by atoms with E-state index in [1.54, 1.807) is 11.0 Å². The van der Waals surface area contributed by atoms with Crippen molar-refractivity contribution in [3.05, 3.63) is 111 Å². The van der Waals surface area contributed by atoms with Crippen molar-refractivity contribution < 1.29 is 4.79 Å². The number of fused-ring (bicyclic) bond motifs is 1. The highest BCUT2D eigenvalue weighted by atomic mass is 16.2. The van der Waals surface area contributed by atoms with E-state index in [1.807, 2.05) is 86.6 Å². The normalized spacial score (nSPS) is 10.8. The van der Waals surface area contributed by atoms with Crippen LogP contribution in [0.4, 0.5) is 5.69 Å². The summed E-state index contributed by atoms with van der Waals surface area (Å²) < 4.78 is 0. The standard InChI is InChI=1S/C25H22N2O2/c1-17-10-12-19(13-11-17)25(29)27(21-7-5-6-18(2)14-21)16-20-15-24(28)26-23-9-4-3-8-22(20)23/h3-15H,16H2,1-2H3,(H,26,28). The number of aryl methyl sites for hydroxylation is 2. The topological polar surface area (TPSA) is 53.2 Å². The third kappa shape index (κ3) is 3.97. The quantitative estimate of drug-likeness (QED) is 0.540. The van der Waals surface area contributed by atoms with Crippen LogP contribution < -0.4 is 10.5 Å². The number of nitrogens with one attached hydrogen (secondary N) is 1. The number of H-pyrrole nitrogens is 1. The number of aromatic amines is 1. The molecule has 4 nitrogen and oxygen atoms in total. The monoisotopic (exact) mass is 382 g/mol. The lowest BCUT2D eigenvalue weighted by molar-refractivity contribution is 0.0985. The molecule has 4 heteroatoms. The maximum Gasteiger partial charge on any atom is 0.258 e. The molecule has 0 spiro atoms. The SMILES string of the molecule is Cc1ccc(C(=O)N(Cc2cc(=O)[nH]c3ccccc23)c2cccc(C)c2)cc1. The van der Waals surface area contributed by atoms with Crippen molar-refractivity contribution >= 4 is 22.5 Å². The number of carbonyl (C=O) groups is 1. The van der Waals surface area contributed by atoms with Gasteiger partial charge in [-0.05, 0) is 55.3 Å². The molecule has 144 valence electrons. The van der Waals surface area contributed by atoms with Crippen LogP contribution >= 0.6 is 0 Å². The Hall–Kier alpha value is -3.66. The number of anilines is 1. The molecular formula is C25H22N2O2. The summed E-state index contributed by atoms with van der Waals surface area (Å²) in [7, 11) is 0. The first kappa shape index (κ1) is 18.7. The van der Waals surface area contributed by atoms with Crippen molar-refractivity contribution in [2.45, 2.75) is 20.4 Å². The van der Waals surface area contributed by atoms with Crippen LogP contribution in [0.1, 0.15) is 27.0 Å². The molecule has 4 rings (SSSR count). The van der Waals surface area contributed by atoms with E-state index in [-0.39, 0.29) is 11.5 Å². The largest absolute Gasteiger partial charge is 0.322 e. The Kier molecular flexibility index (Phi) is 5.00. The van der Waals surface area contributed by atoms with Gasteiger partial charge in [0.25, 0.3) is 5.91 Å². The van der Waals surface area contributed by atoms with Crippen LogP contribution in [-0.2, 0) is 6.54 Å². The average Bonchev–Trinajstić information content (AvgIpc) is 2.72. The average molecular weight is 382 g/mol. The molecule has 1 N–H and O–H groups in total. The first-order chi connectivity index (χ1) is 14.0. The minimum Gasteiger partial charge on any atom is -0.322 e. The minimum atomic E-state index is -0.175. The molecule has 0 aliphatic carbocycles. The Bertz CT molecular complexity index is 1240. The second-order valence-electron chi connectivity index (χ2n) is 7.30. The fourth-order valence-electron chi connectivity index (χ4n) is 3.51. The lowest BCUT2D eigenvalue weighted by Crippen LogP contribution is -2.31. The van der Waals surface area contributed by atoms with Gasteiger partial charge in [0.15, 0.2) is 0 Å². The van der Waals surface area contributed by atoms with E-state index >= 15 is 0 Å². The van der Waals surface area contributed by atoms with Crippen LogP contribution in [0.3, 0.4) is 0 Å². The molecule has 0 bridgehead atoms. The zero-order chi connectivity index (χ0) is 20.4. The van der Waals surface area contributed by atoms with Gasteiger partial charge in [-0.3, -0.25) is 9.59 Å². The van der Waals surface area contributed by atoms with E-state index in [9.17, 15) is 9.59 Å². The number of pyridine rings is 1. The number of nitrogens with zero attached hydrogens (tertiary/aromatic N) is 1. The van der Waals surface area contributed by atoms with Crippen LogP contribution in [0, 0.1) is 13.8 Å². The molecule has 0 saturated carbocycles. The van der Waals surface area contributed by atoms with E-state index in [0.29, 0.717) is 12.1 Å². The van der Waals surface area contributed by atoms with Gasteiger partial charge in [-0.2, -0.15) is 0 Å². The molecular weight excluding hydrogens is 360 g/mol. The summed E-state index contributed by atoms with van der Waals surface area (Å²) in [6.45, 7) is 4.30. The molecule has 0 fully saturated rings. The lowest BCUT2D eigenvalue weighted by atomic mass is 10.1. The second kappa shape index (κ2) is 7.76. The molecule has 4 aromatic rings. The molecule has 0 atom stereocenters. The van der Waals surface area contributed by atoms with Crippen molar-refractivity contribution in [2.24, 2.45) is 0 Å². The predicted molar refractivity (Wildman–Crippen MR) is 117 cm³/mol. The predicted octanol–water partition coefficient (Wildman–Crippen LogP) is 4.99. The number of rotatable bonds is 4. The summed E-state index contributed by atoms with van der Waals surface area (Å²) in [5.74, 6) is -0.0973. The van der Waals surface area contributed by atoms with Crippen molar-refractivity contribution in [3.8, 4) is 0 Å². The Balaban J connectivity index is 1.82. The summed E-state index contributed by atoms with van der Waals surface area (Å²) in [6.07, 6.45) is 0. The first-order valence-corrected chi connectivity index (χ1v) is 9.57. The van der Waals surface area contributed by atoms with Crippen LogP contribution in [-0.4, -0.2) is 10.9 Å². The van der Waals surface area contributed by atoms with E-state index in [1.165, 1.54) is 0 Å². The number of hydrogen-bond donors (Lipinski definition) is 1. The van der Waals surface area contributed by atoms with Gasteiger partial charge >= 0.3 is 0 Å². The Morgan fingerprint density at radius 1 is 0.862 bits per heavy atom. The Labute approximate surface area is 169 Å². The molecule has 0 saturated heterocycles. The molecule has 0 unspecified atom stereocenters. The second-order valence-corrected chi connectivity index (χ2v) is 7.30. The van der Waals surface area contributed by atoms with Gasteiger partial charge in [-0.25, -0.2) is 0 Å². The summed E-state index contributed by atoms with van der Waals surface area (Å²) in [5.41, 5.74) is 4.99. The molecule has 1 amide bonds. The fraction of sp³-hybridized carbons (Fsp3) is 0.120. The van der Waals surface area contributed by atoms with Crippen molar-refractivity contribution in [2.75, 3.05) is 4.90 Å². The molecule has 3 aromatic carbocycles. The summed E-state index contributed by atoms with van der Waals surface area (Å²) in [5, 5.41) is 0.932. The summed E-state index contributed by atoms with van der Waals surface area (Å²) in [4.78, 5) is 30.2. The van der Waals surface area contributed by atoms with Gasteiger partial charge in [-0.15, -0.1) is 0 Å². The molecule has 0 aliphatic rings. The van der Waals surface area contributed by atoms with Crippen LogP contribution in [0.2, 0.25) is 0 Å². The molecule has 0 aliphatic heterocycles.